The van der Waals surface area contributed by atoms with Gasteiger partial charge in [-0.1, -0.05) is 13.8 Å². The maximum absolute atomic E-state index is 11.9. The Hall–Kier alpha value is -1.63. The molecule has 0 fully saturated rings. The Kier molecular flexibility index (Phi) is 7.66. The molecule has 0 aliphatic rings. The number of esters is 1. The molecule has 6 nitrogen and oxygen atoms in total. The van der Waals surface area contributed by atoms with Crippen molar-refractivity contribution < 1.29 is 19.1 Å². The lowest BCUT2D eigenvalue weighted by Crippen LogP contribution is -2.42. The van der Waals surface area contributed by atoms with Crippen LogP contribution < -0.4 is 5.32 Å². The van der Waals surface area contributed by atoms with Crippen LogP contribution in [0.3, 0.4) is 0 Å². The van der Waals surface area contributed by atoms with Crippen molar-refractivity contribution in [2.75, 3.05) is 6.61 Å². The van der Waals surface area contributed by atoms with Crippen molar-refractivity contribution in [3.8, 4) is 0 Å². The van der Waals surface area contributed by atoms with Crippen LogP contribution in [0.25, 0.3) is 0 Å². The van der Waals surface area contributed by atoms with Crippen LogP contribution in [-0.4, -0.2) is 35.3 Å². The normalized spacial score (nSPS) is 12.8. The van der Waals surface area contributed by atoms with Crippen LogP contribution in [0.4, 0.5) is 4.79 Å². The zero-order valence-corrected chi connectivity index (χ0v) is 16.2. The summed E-state index contributed by atoms with van der Waals surface area (Å²) in [4.78, 5) is 27.9. The number of alkyl carbamates (subject to hydrolysis) is 1. The SMILES string of the molecule is CCOC(=O)c1csc(CC[C@@H](NC(=O)OC(C)(C)C)C(C)C)n1. The molecule has 0 aliphatic heterocycles. The Morgan fingerprint density at radius 2 is 2.00 bits per heavy atom. The minimum Gasteiger partial charge on any atom is -0.461 e. The second-order valence-electron chi connectivity index (χ2n) is 6.88. The summed E-state index contributed by atoms with van der Waals surface area (Å²) in [7, 11) is 0. The van der Waals surface area contributed by atoms with Crippen molar-refractivity contribution in [2.24, 2.45) is 5.92 Å². The van der Waals surface area contributed by atoms with Crippen LogP contribution in [0.2, 0.25) is 0 Å². The number of ether oxygens (including phenoxy) is 2. The first kappa shape index (κ1) is 20.4. The Bertz CT molecular complexity index is 549. The number of aromatic nitrogens is 1. The second-order valence-corrected chi connectivity index (χ2v) is 7.83. The third-order valence-corrected chi connectivity index (χ3v) is 4.12. The maximum Gasteiger partial charge on any atom is 0.407 e. The Morgan fingerprint density at radius 3 is 2.54 bits per heavy atom. The summed E-state index contributed by atoms with van der Waals surface area (Å²) in [5.41, 5.74) is -0.173. The van der Waals surface area contributed by atoms with Gasteiger partial charge < -0.3 is 14.8 Å². The van der Waals surface area contributed by atoms with E-state index in [1.165, 1.54) is 11.3 Å². The summed E-state index contributed by atoms with van der Waals surface area (Å²) in [6.45, 7) is 11.7. The van der Waals surface area contributed by atoms with Gasteiger partial charge in [-0.15, -0.1) is 11.3 Å². The van der Waals surface area contributed by atoms with Crippen LogP contribution in [0.5, 0.6) is 0 Å². The van der Waals surface area contributed by atoms with E-state index in [4.69, 9.17) is 9.47 Å². The third-order valence-electron chi connectivity index (χ3n) is 3.21. The minimum absolute atomic E-state index is 0.0187. The number of carbonyl (C=O) groups is 2. The van der Waals surface area contributed by atoms with Gasteiger partial charge >= 0.3 is 12.1 Å². The molecular weight excluding hydrogens is 328 g/mol. The quantitative estimate of drug-likeness (QED) is 0.752. The van der Waals surface area contributed by atoms with Gasteiger partial charge in [-0.25, -0.2) is 14.6 Å². The van der Waals surface area contributed by atoms with E-state index < -0.39 is 17.7 Å². The average molecular weight is 356 g/mol. The predicted octanol–water partition coefficient (Wildman–Crippen LogP) is 3.80. The molecule has 0 aromatic carbocycles. The molecule has 0 bridgehead atoms. The molecule has 0 radical (unpaired) electrons. The molecule has 0 spiro atoms. The molecule has 24 heavy (non-hydrogen) atoms. The van der Waals surface area contributed by atoms with Gasteiger partial charge in [-0.05, 0) is 40.0 Å². The zero-order chi connectivity index (χ0) is 18.3. The van der Waals surface area contributed by atoms with Crippen LogP contribution in [-0.2, 0) is 15.9 Å². The number of nitrogens with zero attached hydrogens (tertiary/aromatic N) is 1. The lowest BCUT2D eigenvalue weighted by molar-refractivity contribution is 0.0485. The van der Waals surface area contributed by atoms with Gasteiger partial charge in [0.1, 0.15) is 5.60 Å². The van der Waals surface area contributed by atoms with Crippen molar-refractivity contribution in [3.63, 3.8) is 0 Å². The molecule has 1 aromatic rings. The Balaban J connectivity index is 2.58. The predicted molar refractivity (Wildman–Crippen MR) is 94.4 cm³/mol. The highest BCUT2D eigenvalue weighted by atomic mass is 32.1. The Morgan fingerprint density at radius 1 is 1.33 bits per heavy atom. The summed E-state index contributed by atoms with van der Waals surface area (Å²) in [6, 6.07) is -0.0187. The molecule has 7 heteroatoms. The lowest BCUT2D eigenvalue weighted by Gasteiger charge is -2.25. The van der Waals surface area contributed by atoms with Crippen molar-refractivity contribution in [1.29, 1.82) is 0 Å². The topological polar surface area (TPSA) is 77.5 Å². The number of carbonyl (C=O) groups excluding carboxylic acids is 2. The van der Waals surface area contributed by atoms with E-state index in [0.29, 0.717) is 18.7 Å². The fourth-order valence-electron chi connectivity index (χ4n) is 2.03. The van der Waals surface area contributed by atoms with E-state index in [0.717, 1.165) is 11.4 Å². The van der Waals surface area contributed by atoms with Gasteiger partial charge in [0.15, 0.2) is 5.69 Å². The first-order valence-corrected chi connectivity index (χ1v) is 9.11. The monoisotopic (exact) mass is 356 g/mol. The molecule has 136 valence electrons. The molecular formula is C17H28N2O4S. The van der Waals surface area contributed by atoms with Gasteiger partial charge in [0.2, 0.25) is 0 Å². The molecule has 1 rings (SSSR count). The van der Waals surface area contributed by atoms with E-state index in [1.807, 2.05) is 34.6 Å². The zero-order valence-electron chi connectivity index (χ0n) is 15.3. The number of amides is 1. The number of hydrogen-bond donors (Lipinski definition) is 1. The molecule has 1 atom stereocenters. The van der Waals surface area contributed by atoms with Crippen molar-refractivity contribution in [2.45, 2.75) is 66.0 Å². The maximum atomic E-state index is 11.9. The smallest absolute Gasteiger partial charge is 0.407 e. The molecule has 1 aromatic heterocycles. The average Bonchev–Trinajstić information content (AvgIpc) is 2.90. The highest BCUT2D eigenvalue weighted by Gasteiger charge is 2.22. The van der Waals surface area contributed by atoms with Crippen LogP contribution >= 0.6 is 11.3 Å². The van der Waals surface area contributed by atoms with Crippen LogP contribution in [0, 0.1) is 5.92 Å². The van der Waals surface area contributed by atoms with E-state index >= 15 is 0 Å². The van der Waals surface area contributed by atoms with E-state index in [-0.39, 0.29) is 12.0 Å². The summed E-state index contributed by atoms with van der Waals surface area (Å²) in [5, 5.41) is 5.48. The first-order chi connectivity index (χ1) is 11.1. The summed E-state index contributed by atoms with van der Waals surface area (Å²) >= 11 is 1.43. The molecule has 0 saturated carbocycles. The fraction of sp³-hybridized carbons (Fsp3) is 0.706. The number of thiazole rings is 1. The molecule has 0 saturated heterocycles. The fourth-order valence-corrected chi connectivity index (χ4v) is 2.82. The second kappa shape index (κ2) is 9.01. The minimum atomic E-state index is -0.518. The highest BCUT2D eigenvalue weighted by Crippen LogP contribution is 2.17. The lowest BCUT2D eigenvalue weighted by atomic mass is 9.99. The number of aryl methyl sites for hydroxylation is 1. The van der Waals surface area contributed by atoms with Gasteiger partial charge in [0.25, 0.3) is 0 Å². The van der Waals surface area contributed by atoms with Crippen molar-refractivity contribution in [3.05, 3.63) is 16.1 Å². The van der Waals surface area contributed by atoms with E-state index in [1.54, 1.807) is 12.3 Å². The van der Waals surface area contributed by atoms with Crippen molar-refractivity contribution in [1.82, 2.24) is 10.3 Å². The van der Waals surface area contributed by atoms with Crippen LogP contribution in [0.1, 0.15) is 63.5 Å². The van der Waals surface area contributed by atoms with Gasteiger partial charge in [0.05, 0.1) is 11.6 Å². The largest absolute Gasteiger partial charge is 0.461 e. The van der Waals surface area contributed by atoms with Crippen LogP contribution in [0.15, 0.2) is 5.38 Å². The van der Waals surface area contributed by atoms with E-state index in [2.05, 4.69) is 10.3 Å². The van der Waals surface area contributed by atoms with Gasteiger partial charge in [0, 0.05) is 17.8 Å². The van der Waals surface area contributed by atoms with Gasteiger partial charge in [-0.3, -0.25) is 0 Å². The number of rotatable bonds is 7. The molecule has 1 N–H and O–H groups in total. The van der Waals surface area contributed by atoms with Crippen molar-refractivity contribution >= 4 is 23.4 Å². The standard InChI is InChI=1S/C17H28N2O4S/c1-7-22-15(20)13-10-24-14(18-13)9-8-12(11(2)3)19-16(21)23-17(4,5)6/h10-12H,7-9H2,1-6H3,(H,19,21)/t12-/m1/s1. The first-order valence-electron chi connectivity index (χ1n) is 8.23. The number of hydrogen-bond acceptors (Lipinski definition) is 6. The molecule has 0 unspecified atom stereocenters. The molecule has 0 aliphatic carbocycles. The summed E-state index contributed by atoms with van der Waals surface area (Å²) in [5.74, 6) is -0.130. The van der Waals surface area contributed by atoms with Gasteiger partial charge in [-0.2, -0.15) is 0 Å². The summed E-state index contributed by atoms with van der Waals surface area (Å²) in [6.07, 6.45) is 1.00. The molecule has 1 amide bonds. The van der Waals surface area contributed by atoms with E-state index in [9.17, 15) is 9.59 Å². The number of nitrogens with one attached hydrogen (secondary N) is 1. The highest BCUT2D eigenvalue weighted by molar-refractivity contribution is 7.09. The Labute approximate surface area is 148 Å². The summed E-state index contributed by atoms with van der Waals surface area (Å²) < 4.78 is 10.2. The third kappa shape index (κ3) is 7.29. The molecule has 1 heterocycles.